The van der Waals surface area contributed by atoms with Crippen LogP contribution in [0.1, 0.15) is 28.8 Å². The molecular weight excluding hydrogens is 502 g/mol. The second-order valence-corrected chi connectivity index (χ2v) is 11.3. The summed E-state index contributed by atoms with van der Waals surface area (Å²) in [6.07, 6.45) is 8.38. The third kappa shape index (κ3) is 6.04. The lowest BCUT2D eigenvalue weighted by Crippen LogP contribution is -2.32. The Morgan fingerprint density at radius 2 is 1.87 bits per heavy atom. The van der Waals surface area contributed by atoms with Crippen molar-refractivity contribution in [2.75, 3.05) is 23.2 Å². The van der Waals surface area contributed by atoms with E-state index in [-0.39, 0.29) is 4.90 Å². The van der Waals surface area contributed by atoms with Gasteiger partial charge in [0.2, 0.25) is 5.95 Å². The molecule has 1 amide bonds. The molecule has 1 fully saturated rings. The van der Waals surface area contributed by atoms with Crippen LogP contribution in [0.3, 0.4) is 0 Å². The van der Waals surface area contributed by atoms with Crippen LogP contribution in [-0.2, 0) is 14.7 Å². The normalized spacial score (nSPS) is 13.2. The fraction of sp³-hybridized carbons (Fsp3) is 0.214. The number of hydroxylamine groups is 1. The monoisotopic (exact) mass is 529 g/mol. The van der Waals surface area contributed by atoms with Crippen LogP contribution in [0.4, 0.5) is 17.3 Å². The third-order valence-electron chi connectivity index (χ3n) is 6.17. The van der Waals surface area contributed by atoms with E-state index in [9.17, 15) is 13.2 Å². The quantitative estimate of drug-likeness (QED) is 0.302. The van der Waals surface area contributed by atoms with E-state index in [4.69, 9.17) is 4.84 Å². The molecule has 5 rings (SSSR count). The van der Waals surface area contributed by atoms with Crippen LogP contribution < -0.4 is 10.4 Å². The Bertz CT molecular complexity index is 1560. The number of hydrogen-bond donors (Lipinski definition) is 1. The highest BCUT2D eigenvalue weighted by Crippen LogP contribution is 2.32. The Labute approximate surface area is 221 Å². The average molecular weight is 530 g/mol. The summed E-state index contributed by atoms with van der Waals surface area (Å²) in [4.78, 5) is 32.7. The number of nitrogens with zero attached hydrogens (tertiary/aromatic N) is 4. The Morgan fingerprint density at radius 1 is 1.08 bits per heavy atom. The molecule has 38 heavy (non-hydrogen) atoms. The topological polar surface area (TPSA) is 114 Å². The highest BCUT2D eigenvalue weighted by Gasteiger charge is 2.26. The summed E-state index contributed by atoms with van der Waals surface area (Å²) in [6, 6.07) is 16.9. The van der Waals surface area contributed by atoms with Crippen LogP contribution in [0.2, 0.25) is 0 Å². The number of rotatable bonds is 9. The zero-order valence-electron chi connectivity index (χ0n) is 21.0. The summed E-state index contributed by atoms with van der Waals surface area (Å²) < 4.78 is 23.7. The number of nitrogens with one attached hydrogen (secondary N) is 1. The van der Waals surface area contributed by atoms with Gasteiger partial charge in [0.05, 0.1) is 22.9 Å². The fourth-order valence-electron chi connectivity index (χ4n) is 3.76. The predicted octanol–water partition coefficient (Wildman–Crippen LogP) is 4.98. The van der Waals surface area contributed by atoms with Gasteiger partial charge < -0.3 is 5.32 Å². The van der Waals surface area contributed by atoms with E-state index in [0.29, 0.717) is 35.4 Å². The molecule has 1 aliphatic rings. The summed E-state index contributed by atoms with van der Waals surface area (Å²) in [5.41, 5.74) is 4.08. The summed E-state index contributed by atoms with van der Waals surface area (Å²) in [5.74, 6) is 0.430. The number of pyridine rings is 1. The van der Waals surface area contributed by atoms with Crippen LogP contribution in [0.5, 0.6) is 0 Å². The number of amides is 1. The first kappa shape index (κ1) is 25.5. The maximum absolute atomic E-state index is 13.5. The zero-order valence-corrected chi connectivity index (χ0v) is 21.9. The summed E-state index contributed by atoms with van der Waals surface area (Å²) >= 11 is 0. The molecule has 0 bridgehead atoms. The molecule has 194 valence electrons. The highest BCUT2D eigenvalue weighted by atomic mass is 32.2. The van der Waals surface area contributed by atoms with Gasteiger partial charge in [0, 0.05) is 41.7 Å². The van der Waals surface area contributed by atoms with Crippen molar-refractivity contribution in [2.24, 2.45) is 5.92 Å². The van der Waals surface area contributed by atoms with Crippen LogP contribution in [0, 0.1) is 12.8 Å². The van der Waals surface area contributed by atoms with Gasteiger partial charge in [-0.15, -0.1) is 0 Å². The van der Waals surface area contributed by atoms with Gasteiger partial charge >= 0.3 is 0 Å². The van der Waals surface area contributed by atoms with Gasteiger partial charge in [-0.25, -0.2) is 18.4 Å². The van der Waals surface area contributed by atoms with Gasteiger partial charge in [-0.1, -0.05) is 6.07 Å². The molecule has 2 aromatic carbocycles. The van der Waals surface area contributed by atoms with E-state index in [2.05, 4.69) is 20.3 Å². The van der Waals surface area contributed by atoms with Crippen LogP contribution in [0.25, 0.3) is 11.3 Å². The molecule has 1 N–H and O–H groups in total. The van der Waals surface area contributed by atoms with Crippen LogP contribution in [-0.4, -0.2) is 42.1 Å². The van der Waals surface area contributed by atoms with Crippen LogP contribution in [0.15, 0.2) is 84.1 Å². The molecule has 1 saturated carbocycles. The molecule has 9 nitrogen and oxygen atoms in total. The van der Waals surface area contributed by atoms with E-state index < -0.39 is 15.7 Å². The van der Waals surface area contributed by atoms with E-state index in [1.165, 1.54) is 29.3 Å². The maximum Gasteiger partial charge on any atom is 0.282 e. The Hall–Kier alpha value is -4.15. The molecule has 0 aliphatic heterocycles. The molecule has 0 atom stereocenters. The molecule has 2 aromatic heterocycles. The summed E-state index contributed by atoms with van der Waals surface area (Å²) in [7, 11) is -3.37. The minimum Gasteiger partial charge on any atom is -0.324 e. The van der Waals surface area contributed by atoms with E-state index in [1.54, 1.807) is 18.6 Å². The number of aryl methyl sites for hydroxylation is 1. The molecule has 4 aromatic rings. The van der Waals surface area contributed by atoms with Gasteiger partial charge in [-0.3, -0.25) is 14.6 Å². The zero-order chi connectivity index (χ0) is 26.7. The largest absolute Gasteiger partial charge is 0.324 e. The molecule has 0 radical (unpaired) electrons. The predicted molar refractivity (Wildman–Crippen MR) is 145 cm³/mol. The van der Waals surface area contributed by atoms with E-state index in [1.807, 2.05) is 43.3 Å². The second-order valence-electron chi connectivity index (χ2n) is 9.27. The van der Waals surface area contributed by atoms with Gasteiger partial charge in [-0.05, 0) is 85.8 Å². The van der Waals surface area contributed by atoms with Crippen LogP contribution >= 0.6 is 0 Å². The first-order valence-corrected chi connectivity index (χ1v) is 14.1. The highest BCUT2D eigenvalue weighted by molar-refractivity contribution is 7.90. The smallest absolute Gasteiger partial charge is 0.282 e. The molecule has 0 saturated heterocycles. The Balaban J connectivity index is 1.43. The first-order valence-electron chi connectivity index (χ1n) is 12.2. The number of hydrogen-bond acceptors (Lipinski definition) is 8. The second kappa shape index (κ2) is 10.7. The maximum atomic E-state index is 13.5. The summed E-state index contributed by atoms with van der Waals surface area (Å²) in [6.45, 7) is 2.36. The van der Waals surface area contributed by atoms with Crippen molar-refractivity contribution in [3.8, 4) is 11.3 Å². The number of benzene rings is 2. The number of anilines is 3. The molecule has 0 unspecified atom stereocenters. The van der Waals surface area contributed by atoms with Crippen molar-refractivity contribution in [3.63, 3.8) is 0 Å². The number of carbonyl (C=O) groups is 1. The van der Waals surface area contributed by atoms with E-state index in [0.717, 1.165) is 35.9 Å². The third-order valence-corrected chi connectivity index (χ3v) is 7.29. The minimum atomic E-state index is -3.37. The minimum absolute atomic E-state index is 0.148. The Morgan fingerprint density at radius 3 is 2.55 bits per heavy atom. The lowest BCUT2D eigenvalue weighted by Gasteiger charge is -2.23. The number of aromatic nitrogens is 3. The average Bonchev–Trinajstić information content (AvgIpc) is 3.75. The lowest BCUT2D eigenvalue weighted by molar-refractivity contribution is 0.0619. The number of sulfone groups is 1. The Kier molecular flexibility index (Phi) is 7.17. The molecule has 1 aliphatic carbocycles. The van der Waals surface area contributed by atoms with Crippen molar-refractivity contribution in [1.82, 2.24) is 15.0 Å². The lowest BCUT2D eigenvalue weighted by atomic mass is 10.1. The van der Waals surface area contributed by atoms with Gasteiger partial charge in [0.1, 0.15) is 0 Å². The summed E-state index contributed by atoms with van der Waals surface area (Å²) in [5, 5.41) is 4.52. The van der Waals surface area contributed by atoms with Crippen molar-refractivity contribution in [1.29, 1.82) is 0 Å². The first-order chi connectivity index (χ1) is 18.3. The standard InChI is InChI=1S/C28H27N5O4S/c1-19-5-10-23(16-26(19)32-28-30-15-13-25(31-28)22-4-3-14-29-17-22)33(37-18-20-6-7-20)27(34)21-8-11-24(12-9-21)38(2,35)36/h3-5,8-17,20H,6-7,18H2,1-2H3,(H,30,31,32). The van der Waals surface area contributed by atoms with Crippen molar-refractivity contribution in [3.05, 3.63) is 90.4 Å². The van der Waals surface area contributed by atoms with E-state index >= 15 is 0 Å². The van der Waals surface area contributed by atoms with Crippen molar-refractivity contribution >= 4 is 33.1 Å². The van der Waals surface area contributed by atoms with Crippen molar-refractivity contribution < 1.29 is 18.0 Å². The number of carbonyl (C=O) groups excluding carboxylic acids is 1. The fourth-order valence-corrected chi connectivity index (χ4v) is 4.39. The molecule has 10 heteroatoms. The van der Waals surface area contributed by atoms with Crippen molar-refractivity contribution in [2.45, 2.75) is 24.7 Å². The van der Waals surface area contributed by atoms with Gasteiger partial charge in [0.15, 0.2) is 9.84 Å². The molecular formula is C28H27N5O4S. The molecule has 2 heterocycles. The van der Waals surface area contributed by atoms with Gasteiger partial charge in [-0.2, -0.15) is 5.06 Å². The van der Waals surface area contributed by atoms with Gasteiger partial charge in [0.25, 0.3) is 5.91 Å². The SMILES string of the molecule is Cc1ccc(N(OCC2CC2)C(=O)c2ccc(S(C)(=O)=O)cc2)cc1Nc1nccc(-c2cccnc2)n1. The molecule has 0 spiro atoms.